The van der Waals surface area contributed by atoms with Gasteiger partial charge in [0, 0.05) is 36.6 Å². The first kappa shape index (κ1) is 18.3. The van der Waals surface area contributed by atoms with Crippen LogP contribution >= 0.6 is 0 Å². The smallest absolute Gasteiger partial charge is 0.275 e. The van der Waals surface area contributed by atoms with Crippen molar-refractivity contribution in [1.29, 1.82) is 0 Å². The Kier molecular flexibility index (Phi) is 4.66. The number of anilines is 1. The number of H-pyrrole nitrogens is 1. The monoisotopic (exact) mass is 379 g/mol. The highest BCUT2D eigenvalue weighted by atomic mass is 16.2. The fourth-order valence-corrected chi connectivity index (χ4v) is 3.95. The van der Waals surface area contributed by atoms with Crippen LogP contribution in [-0.2, 0) is 0 Å². The fourth-order valence-electron chi connectivity index (χ4n) is 3.95. The number of amides is 1. The molecule has 4 rings (SSSR count). The molecule has 1 aromatic carbocycles. The number of aromatic nitrogens is 3. The molecule has 2 aromatic heterocycles. The summed E-state index contributed by atoms with van der Waals surface area (Å²) in [6.45, 7) is 4.31. The average molecular weight is 379 g/mol. The predicted molar refractivity (Wildman–Crippen MR) is 109 cm³/mol. The lowest BCUT2D eigenvalue weighted by molar-refractivity contribution is 0.0606. The van der Waals surface area contributed by atoms with Crippen LogP contribution in [0.15, 0.2) is 35.1 Å². The minimum atomic E-state index is -0.104. The van der Waals surface area contributed by atoms with E-state index in [1.165, 1.54) is 4.52 Å². The molecule has 7 heteroatoms. The summed E-state index contributed by atoms with van der Waals surface area (Å²) >= 11 is 0. The molecule has 0 spiro atoms. The van der Waals surface area contributed by atoms with Crippen LogP contribution in [0.1, 0.15) is 52.6 Å². The van der Waals surface area contributed by atoms with Crippen LogP contribution < -0.4 is 10.9 Å². The second-order valence-corrected chi connectivity index (χ2v) is 7.34. The van der Waals surface area contributed by atoms with E-state index < -0.39 is 0 Å². The number of piperidine rings is 1. The molecule has 1 unspecified atom stereocenters. The SMILES string of the molecule is CNc1ccccc1C(=O)N1CCCCC1c1cc2nc(C)c(C)c(=O)n2[nH]1. The second kappa shape index (κ2) is 7.14. The molecule has 3 heterocycles. The first-order valence-corrected chi connectivity index (χ1v) is 9.68. The lowest BCUT2D eigenvalue weighted by Gasteiger charge is -2.35. The zero-order valence-corrected chi connectivity index (χ0v) is 16.5. The minimum absolute atomic E-state index is 0.000901. The molecule has 3 aromatic rings. The second-order valence-electron chi connectivity index (χ2n) is 7.34. The molecule has 1 fully saturated rings. The largest absolute Gasteiger partial charge is 0.387 e. The van der Waals surface area contributed by atoms with E-state index in [9.17, 15) is 9.59 Å². The van der Waals surface area contributed by atoms with Gasteiger partial charge in [0.1, 0.15) is 0 Å². The van der Waals surface area contributed by atoms with Gasteiger partial charge in [0.25, 0.3) is 11.5 Å². The quantitative estimate of drug-likeness (QED) is 0.733. The molecule has 2 N–H and O–H groups in total. The number of benzene rings is 1. The Morgan fingerprint density at radius 3 is 2.82 bits per heavy atom. The molecule has 0 radical (unpaired) electrons. The number of carbonyl (C=O) groups excluding carboxylic acids is 1. The number of rotatable bonds is 3. The van der Waals surface area contributed by atoms with Crippen LogP contribution in [-0.4, -0.2) is 39.0 Å². The van der Waals surface area contributed by atoms with E-state index >= 15 is 0 Å². The Bertz CT molecular complexity index is 1100. The topological polar surface area (TPSA) is 82.5 Å². The number of fused-ring (bicyclic) bond motifs is 1. The van der Waals surface area contributed by atoms with E-state index in [1.807, 2.05) is 49.2 Å². The average Bonchev–Trinajstić information content (AvgIpc) is 3.15. The number of carbonyl (C=O) groups is 1. The molecule has 146 valence electrons. The summed E-state index contributed by atoms with van der Waals surface area (Å²) in [5.74, 6) is 0.000901. The molecule has 1 saturated heterocycles. The van der Waals surface area contributed by atoms with Gasteiger partial charge in [0.2, 0.25) is 0 Å². The van der Waals surface area contributed by atoms with Crippen molar-refractivity contribution in [2.24, 2.45) is 0 Å². The van der Waals surface area contributed by atoms with E-state index in [0.717, 1.165) is 36.3 Å². The minimum Gasteiger partial charge on any atom is -0.387 e. The van der Waals surface area contributed by atoms with Crippen LogP contribution in [0.3, 0.4) is 0 Å². The number of likely N-dealkylation sites (tertiary alicyclic amines) is 1. The maximum atomic E-state index is 13.3. The van der Waals surface area contributed by atoms with Crippen LogP contribution in [0, 0.1) is 13.8 Å². The van der Waals surface area contributed by atoms with Crippen molar-refractivity contribution in [2.75, 3.05) is 18.9 Å². The van der Waals surface area contributed by atoms with Gasteiger partial charge < -0.3 is 10.2 Å². The molecule has 1 amide bonds. The maximum Gasteiger partial charge on any atom is 0.275 e. The summed E-state index contributed by atoms with van der Waals surface area (Å²) in [5, 5.41) is 6.30. The number of aromatic amines is 1. The van der Waals surface area contributed by atoms with Crippen molar-refractivity contribution in [3.63, 3.8) is 0 Å². The molecular weight excluding hydrogens is 354 g/mol. The summed E-state index contributed by atoms with van der Waals surface area (Å²) in [6.07, 6.45) is 2.87. The van der Waals surface area contributed by atoms with E-state index in [0.29, 0.717) is 23.3 Å². The highest BCUT2D eigenvalue weighted by Gasteiger charge is 2.31. The molecular formula is C21H25N5O2. The van der Waals surface area contributed by atoms with Crippen molar-refractivity contribution in [2.45, 2.75) is 39.2 Å². The van der Waals surface area contributed by atoms with Gasteiger partial charge in [-0.25, -0.2) is 9.50 Å². The third-order valence-electron chi connectivity index (χ3n) is 5.65. The van der Waals surface area contributed by atoms with Gasteiger partial charge in [-0.3, -0.25) is 14.7 Å². The molecule has 1 aliphatic heterocycles. The van der Waals surface area contributed by atoms with Crippen molar-refractivity contribution in [3.05, 3.63) is 63.2 Å². The number of aryl methyl sites for hydroxylation is 1. The third kappa shape index (κ3) is 2.96. The Labute approximate surface area is 163 Å². The van der Waals surface area contributed by atoms with Crippen molar-refractivity contribution < 1.29 is 4.79 Å². The fraction of sp³-hybridized carbons (Fsp3) is 0.381. The molecule has 1 atom stereocenters. The zero-order valence-electron chi connectivity index (χ0n) is 16.5. The first-order valence-electron chi connectivity index (χ1n) is 9.68. The number of nitrogens with zero attached hydrogens (tertiary/aromatic N) is 3. The highest BCUT2D eigenvalue weighted by molar-refractivity contribution is 5.99. The summed E-state index contributed by atoms with van der Waals surface area (Å²) < 4.78 is 1.48. The molecule has 0 aliphatic carbocycles. The van der Waals surface area contributed by atoms with E-state index in [-0.39, 0.29) is 17.5 Å². The van der Waals surface area contributed by atoms with Gasteiger partial charge in [-0.2, -0.15) is 0 Å². The van der Waals surface area contributed by atoms with Crippen molar-refractivity contribution >= 4 is 17.2 Å². The van der Waals surface area contributed by atoms with Crippen LogP contribution in [0.5, 0.6) is 0 Å². The predicted octanol–water partition coefficient (Wildman–Crippen LogP) is 3.05. The van der Waals surface area contributed by atoms with Crippen LogP contribution in [0.4, 0.5) is 5.69 Å². The normalized spacial score (nSPS) is 17.1. The van der Waals surface area contributed by atoms with Gasteiger partial charge >= 0.3 is 0 Å². The third-order valence-corrected chi connectivity index (χ3v) is 5.65. The first-order chi connectivity index (χ1) is 13.5. The van der Waals surface area contributed by atoms with Crippen LogP contribution in [0.2, 0.25) is 0 Å². The summed E-state index contributed by atoms with van der Waals surface area (Å²) in [6, 6.07) is 9.34. The number of nitrogens with one attached hydrogen (secondary N) is 2. The van der Waals surface area contributed by atoms with Crippen molar-refractivity contribution in [1.82, 2.24) is 19.5 Å². The lowest BCUT2D eigenvalue weighted by Crippen LogP contribution is -2.39. The molecule has 0 bridgehead atoms. The van der Waals surface area contributed by atoms with E-state index in [2.05, 4.69) is 15.4 Å². The van der Waals surface area contributed by atoms with E-state index in [1.54, 1.807) is 6.92 Å². The van der Waals surface area contributed by atoms with E-state index in [4.69, 9.17) is 0 Å². The number of hydrogen-bond donors (Lipinski definition) is 2. The van der Waals surface area contributed by atoms with Gasteiger partial charge in [0.05, 0.1) is 17.3 Å². The van der Waals surface area contributed by atoms with Gasteiger partial charge in [-0.15, -0.1) is 0 Å². The van der Waals surface area contributed by atoms with Crippen molar-refractivity contribution in [3.8, 4) is 0 Å². The van der Waals surface area contributed by atoms with Gasteiger partial charge in [0.15, 0.2) is 5.65 Å². The van der Waals surface area contributed by atoms with Crippen LogP contribution in [0.25, 0.3) is 5.65 Å². The summed E-state index contributed by atoms with van der Waals surface area (Å²) in [7, 11) is 1.82. The molecule has 28 heavy (non-hydrogen) atoms. The Hall–Kier alpha value is -3.09. The summed E-state index contributed by atoms with van der Waals surface area (Å²) in [4.78, 5) is 32.3. The summed E-state index contributed by atoms with van der Waals surface area (Å²) in [5.41, 5.74) is 4.19. The maximum absolute atomic E-state index is 13.3. The lowest BCUT2D eigenvalue weighted by atomic mass is 9.98. The zero-order chi connectivity index (χ0) is 19.8. The Morgan fingerprint density at radius 2 is 2.04 bits per heavy atom. The van der Waals surface area contributed by atoms with Gasteiger partial charge in [-0.1, -0.05) is 12.1 Å². The standard InChI is InChI=1S/C21H25N5O2/c1-13-14(2)23-19-12-17(24-26(19)20(13)27)18-10-6-7-11-25(18)21(28)15-8-4-5-9-16(15)22-3/h4-5,8-9,12,18,22,24H,6-7,10-11H2,1-3H3. The Morgan fingerprint density at radius 1 is 1.25 bits per heavy atom. The number of hydrogen-bond acceptors (Lipinski definition) is 4. The molecule has 7 nitrogen and oxygen atoms in total. The number of para-hydroxylation sites is 1. The molecule has 0 saturated carbocycles. The van der Waals surface area contributed by atoms with Gasteiger partial charge in [-0.05, 0) is 45.2 Å². The highest BCUT2D eigenvalue weighted by Crippen LogP contribution is 2.32. The Balaban J connectivity index is 1.75. The molecule has 1 aliphatic rings.